The molecule has 2 aromatic heterocycles. The molecule has 0 fully saturated rings. The van der Waals surface area contributed by atoms with Crippen LogP contribution in [-0.4, -0.2) is 22.0 Å². The van der Waals surface area contributed by atoms with Crippen LogP contribution in [0, 0.1) is 17.0 Å². The summed E-state index contributed by atoms with van der Waals surface area (Å²) >= 11 is 4.69. The lowest BCUT2D eigenvalue weighted by molar-refractivity contribution is -0.402. The number of thiazole rings is 1. The molecular weight excluding hydrogens is 472 g/mol. The summed E-state index contributed by atoms with van der Waals surface area (Å²) in [5, 5.41) is 16.6. The minimum absolute atomic E-state index is 0.205. The van der Waals surface area contributed by atoms with Crippen LogP contribution in [0.4, 0.5) is 11.0 Å². The predicted octanol–water partition coefficient (Wildman–Crippen LogP) is 5.55. The van der Waals surface area contributed by atoms with Gasteiger partial charge in [0.15, 0.2) is 0 Å². The number of halogens is 1. The molecular formula is C20H13BrN4O4S. The Labute approximate surface area is 182 Å². The summed E-state index contributed by atoms with van der Waals surface area (Å²) in [7, 11) is 0. The van der Waals surface area contributed by atoms with Crippen LogP contribution in [0.3, 0.4) is 0 Å². The quantitative estimate of drug-likeness (QED) is 0.210. The molecule has 0 aliphatic heterocycles. The fourth-order valence-electron chi connectivity index (χ4n) is 2.59. The highest BCUT2D eigenvalue weighted by Crippen LogP contribution is 2.32. The Morgan fingerprint density at radius 3 is 2.70 bits per heavy atom. The average molecular weight is 485 g/mol. The fraction of sp³-hybridized carbons (Fsp3) is 0.0500. The Bertz CT molecular complexity index is 1280. The van der Waals surface area contributed by atoms with E-state index in [0.717, 1.165) is 31.4 Å². The van der Waals surface area contributed by atoms with Crippen molar-refractivity contribution in [2.45, 2.75) is 6.92 Å². The minimum Gasteiger partial charge on any atom is -0.395 e. The molecule has 4 rings (SSSR count). The molecule has 0 bridgehead atoms. The number of anilines is 1. The minimum atomic E-state index is -0.702. The number of nitrogens with zero attached hydrogens (tertiary/aromatic N) is 4. The standard InChI is InChI=1S/C20H13BrN4O4S/c1-12-2-4-13(5-3-12)11-22-24(19(26)16-8-9-18(29-16)25(27)28)20-23-15-7-6-14(21)10-17(15)30-20/h2-11H,1H3/b22-11+. The number of amides is 1. The highest BCUT2D eigenvalue weighted by Gasteiger charge is 2.26. The molecule has 2 heterocycles. The highest BCUT2D eigenvalue weighted by molar-refractivity contribution is 9.10. The maximum absolute atomic E-state index is 13.1. The molecule has 10 heteroatoms. The van der Waals surface area contributed by atoms with E-state index in [0.29, 0.717) is 10.6 Å². The van der Waals surface area contributed by atoms with Crippen LogP contribution in [0.5, 0.6) is 0 Å². The Balaban J connectivity index is 1.75. The first-order valence-corrected chi connectivity index (χ1v) is 10.3. The molecule has 8 nitrogen and oxygen atoms in total. The molecule has 0 saturated heterocycles. The van der Waals surface area contributed by atoms with Gasteiger partial charge in [-0.15, -0.1) is 0 Å². The van der Waals surface area contributed by atoms with Gasteiger partial charge in [0.2, 0.25) is 10.9 Å². The SMILES string of the molecule is Cc1ccc(/C=N/N(C(=O)c2ccc([N+](=O)[O-])o2)c2nc3ccc(Br)cc3s2)cc1. The van der Waals surface area contributed by atoms with E-state index >= 15 is 0 Å². The molecule has 1 amide bonds. The van der Waals surface area contributed by atoms with E-state index in [4.69, 9.17) is 4.42 Å². The molecule has 0 saturated carbocycles. The molecule has 0 atom stereocenters. The number of benzene rings is 2. The number of furan rings is 1. The molecule has 0 spiro atoms. The van der Waals surface area contributed by atoms with Crippen molar-refractivity contribution in [2.75, 3.05) is 5.01 Å². The van der Waals surface area contributed by atoms with Crippen molar-refractivity contribution in [1.82, 2.24) is 4.98 Å². The summed E-state index contributed by atoms with van der Waals surface area (Å²) in [5.74, 6) is -1.39. The van der Waals surface area contributed by atoms with Gasteiger partial charge in [-0.05, 0) is 36.8 Å². The second-order valence-electron chi connectivity index (χ2n) is 6.28. The second kappa shape index (κ2) is 8.17. The van der Waals surface area contributed by atoms with Crippen LogP contribution < -0.4 is 5.01 Å². The summed E-state index contributed by atoms with van der Waals surface area (Å²) < 4.78 is 6.81. The van der Waals surface area contributed by atoms with Crippen molar-refractivity contribution in [3.63, 3.8) is 0 Å². The van der Waals surface area contributed by atoms with Gasteiger partial charge >= 0.3 is 11.8 Å². The zero-order valence-electron chi connectivity index (χ0n) is 15.5. The van der Waals surface area contributed by atoms with Gasteiger partial charge in [0.1, 0.15) is 4.92 Å². The zero-order valence-corrected chi connectivity index (χ0v) is 17.9. The molecule has 0 aliphatic rings. The molecule has 0 aliphatic carbocycles. The van der Waals surface area contributed by atoms with Gasteiger partial charge in [0.05, 0.1) is 22.5 Å². The third-order valence-corrected chi connectivity index (χ3v) is 5.58. The lowest BCUT2D eigenvalue weighted by atomic mass is 10.2. The molecule has 0 N–H and O–H groups in total. The molecule has 0 unspecified atom stereocenters. The maximum atomic E-state index is 13.1. The normalized spacial score (nSPS) is 11.3. The van der Waals surface area contributed by atoms with E-state index in [1.165, 1.54) is 23.6 Å². The van der Waals surface area contributed by atoms with Crippen LogP contribution in [0.25, 0.3) is 10.2 Å². The van der Waals surface area contributed by atoms with E-state index in [1.807, 2.05) is 49.4 Å². The Hall–Kier alpha value is -3.37. The number of hydrogen-bond acceptors (Lipinski definition) is 7. The molecule has 4 aromatic rings. The van der Waals surface area contributed by atoms with Gasteiger partial charge in [0.25, 0.3) is 0 Å². The smallest absolute Gasteiger partial charge is 0.395 e. The van der Waals surface area contributed by atoms with Crippen molar-refractivity contribution in [2.24, 2.45) is 5.10 Å². The number of carbonyl (C=O) groups is 1. The van der Waals surface area contributed by atoms with Crippen LogP contribution in [-0.2, 0) is 0 Å². The van der Waals surface area contributed by atoms with Gasteiger partial charge < -0.3 is 4.42 Å². The predicted molar refractivity (Wildman–Crippen MR) is 118 cm³/mol. The summed E-state index contributed by atoms with van der Waals surface area (Å²) in [6.07, 6.45) is 1.52. The maximum Gasteiger partial charge on any atom is 0.433 e. The van der Waals surface area contributed by atoms with Crippen molar-refractivity contribution >= 4 is 60.6 Å². The van der Waals surface area contributed by atoms with E-state index < -0.39 is 16.7 Å². The Kier molecular flexibility index (Phi) is 5.42. The Morgan fingerprint density at radius 1 is 1.23 bits per heavy atom. The van der Waals surface area contributed by atoms with Gasteiger partial charge in [-0.3, -0.25) is 14.9 Å². The van der Waals surface area contributed by atoms with Crippen LogP contribution in [0.15, 0.2) is 68.6 Å². The summed E-state index contributed by atoms with van der Waals surface area (Å²) in [6.45, 7) is 1.97. The Morgan fingerprint density at radius 2 is 2.00 bits per heavy atom. The summed E-state index contributed by atoms with van der Waals surface area (Å²) in [5.41, 5.74) is 2.58. The van der Waals surface area contributed by atoms with Crippen LogP contribution in [0.1, 0.15) is 21.7 Å². The number of hydrogen-bond donors (Lipinski definition) is 0. The van der Waals surface area contributed by atoms with Crippen molar-refractivity contribution in [3.8, 4) is 0 Å². The first-order chi connectivity index (χ1) is 14.4. The lowest BCUT2D eigenvalue weighted by Crippen LogP contribution is -2.25. The molecule has 0 radical (unpaired) electrons. The van der Waals surface area contributed by atoms with Crippen molar-refractivity contribution in [3.05, 3.63) is 86.1 Å². The van der Waals surface area contributed by atoms with E-state index in [2.05, 4.69) is 26.0 Å². The number of aromatic nitrogens is 1. The van der Waals surface area contributed by atoms with E-state index in [-0.39, 0.29) is 5.76 Å². The number of aryl methyl sites for hydroxylation is 1. The van der Waals surface area contributed by atoms with E-state index in [9.17, 15) is 14.9 Å². The first kappa shape index (κ1) is 19.9. The first-order valence-electron chi connectivity index (χ1n) is 8.66. The second-order valence-corrected chi connectivity index (χ2v) is 8.20. The monoisotopic (exact) mass is 484 g/mol. The third-order valence-electron chi connectivity index (χ3n) is 4.09. The molecule has 150 valence electrons. The van der Waals surface area contributed by atoms with Gasteiger partial charge in [-0.1, -0.05) is 57.1 Å². The topological polar surface area (TPSA) is 102 Å². The molecule has 30 heavy (non-hydrogen) atoms. The van der Waals surface area contributed by atoms with Gasteiger partial charge in [0, 0.05) is 4.47 Å². The number of hydrazone groups is 1. The fourth-order valence-corrected chi connectivity index (χ4v) is 4.06. The summed E-state index contributed by atoms with van der Waals surface area (Å²) in [4.78, 5) is 27.7. The highest BCUT2D eigenvalue weighted by atomic mass is 79.9. The van der Waals surface area contributed by atoms with Gasteiger partial charge in [-0.25, -0.2) is 4.98 Å². The number of nitro groups is 1. The number of fused-ring (bicyclic) bond motifs is 1. The van der Waals surface area contributed by atoms with Crippen molar-refractivity contribution in [1.29, 1.82) is 0 Å². The zero-order chi connectivity index (χ0) is 21.3. The van der Waals surface area contributed by atoms with E-state index in [1.54, 1.807) is 0 Å². The number of carbonyl (C=O) groups excluding carboxylic acids is 1. The average Bonchev–Trinajstić information content (AvgIpc) is 3.36. The lowest BCUT2D eigenvalue weighted by Gasteiger charge is -2.11. The van der Waals surface area contributed by atoms with Gasteiger partial charge in [-0.2, -0.15) is 10.1 Å². The third kappa shape index (κ3) is 4.14. The largest absolute Gasteiger partial charge is 0.433 e. The van der Waals surface area contributed by atoms with Crippen LogP contribution in [0.2, 0.25) is 0 Å². The van der Waals surface area contributed by atoms with Crippen molar-refractivity contribution < 1.29 is 14.1 Å². The van der Waals surface area contributed by atoms with Crippen LogP contribution >= 0.6 is 27.3 Å². The molecule has 2 aromatic carbocycles. The summed E-state index contributed by atoms with van der Waals surface area (Å²) in [6, 6.07) is 15.5. The number of rotatable bonds is 5.